The fourth-order valence-corrected chi connectivity index (χ4v) is 2.72. The van der Waals surface area contributed by atoms with E-state index in [1.54, 1.807) is 4.90 Å². The van der Waals surface area contributed by atoms with Crippen molar-refractivity contribution in [3.05, 3.63) is 35.9 Å². The molecular weight excluding hydrogens is 314 g/mol. The Balaban J connectivity index is 1.77. The lowest BCUT2D eigenvalue weighted by Gasteiger charge is -2.32. The van der Waals surface area contributed by atoms with Gasteiger partial charge in [-0.05, 0) is 30.9 Å². The molecule has 1 atom stereocenters. The summed E-state index contributed by atoms with van der Waals surface area (Å²) in [5.74, 6) is 6.21. The van der Waals surface area contributed by atoms with E-state index in [0.29, 0.717) is 32.1 Å². The Morgan fingerprint density at radius 2 is 2.00 bits per heavy atom. The molecule has 0 aromatic heterocycles. The van der Waals surface area contributed by atoms with Crippen LogP contribution in [-0.4, -0.2) is 43.0 Å². The van der Waals surface area contributed by atoms with Gasteiger partial charge in [-0.3, -0.25) is 4.79 Å². The number of piperidine rings is 1. The van der Waals surface area contributed by atoms with Crippen molar-refractivity contribution in [1.82, 2.24) is 15.5 Å². The van der Waals surface area contributed by atoms with Gasteiger partial charge in [-0.2, -0.15) is 0 Å². The topological polar surface area (TPSA) is 61.4 Å². The number of hydrogen-bond donors (Lipinski definition) is 2. The van der Waals surface area contributed by atoms with E-state index in [1.165, 1.54) is 0 Å². The molecule has 3 amide bonds. The number of nitrogens with zero attached hydrogens (tertiary/aromatic N) is 1. The molecule has 0 bridgehead atoms. The fourth-order valence-electron chi connectivity index (χ4n) is 2.72. The number of amides is 3. The maximum absolute atomic E-state index is 12.3. The molecule has 1 unspecified atom stereocenters. The molecule has 2 rings (SSSR count). The quantitative estimate of drug-likeness (QED) is 0.825. The number of nitrogens with one attached hydrogen (secondary N) is 2. The first-order valence-corrected chi connectivity index (χ1v) is 8.90. The Morgan fingerprint density at radius 3 is 2.72 bits per heavy atom. The summed E-state index contributed by atoms with van der Waals surface area (Å²) in [6, 6.07) is 9.61. The third-order valence-corrected chi connectivity index (χ3v) is 4.10. The molecule has 134 valence electrons. The standard InChI is InChI=1S/C20H27N3O2/c1-16(2)14-22-20(25)23-13-7-11-18(15-23)19(24)21-12-6-10-17-8-4-3-5-9-17/h3-5,8-9,16,18H,7,11-15H2,1-2H3,(H,21,24)(H,22,25). The van der Waals surface area contributed by atoms with Crippen molar-refractivity contribution in [2.24, 2.45) is 11.8 Å². The van der Waals surface area contributed by atoms with Gasteiger partial charge in [-0.1, -0.05) is 43.9 Å². The summed E-state index contributed by atoms with van der Waals surface area (Å²) in [6.45, 7) is 6.28. The van der Waals surface area contributed by atoms with Gasteiger partial charge < -0.3 is 15.5 Å². The highest BCUT2D eigenvalue weighted by atomic mass is 16.2. The zero-order valence-electron chi connectivity index (χ0n) is 15.0. The van der Waals surface area contributed by atoms with Crippen molar-refractivity contribution in [3.8, 4) is 11.8 Å². The van der Waals surface area contributed by atoms with Crippen LogP contribution in [0.3, 0.4) is 0 Å². The van der Waals surface area contributed by atoms with Gasteiger partial charge in [-0.15, -0.1) is 0 Å². The Bertz CT molecular complexity index is 631. The number of hydrogen-bond acceptors (Lipinski definition) is 2. The first kappa shape index (κ1) is 18.9. The van der Waals surface area contributed by atoms with Crippen LogP contribution in [0.2, 0.25) is 0 Å². The van der Waals surface area contributed by atoms with E-state index >= 15 is 0 Å². The molecule has 1 aliphatic heterocycles. The smallest absolute Gasteiger partial charge is 0.317 e. The van der Waals surface area contributed by atoms with Gasteiger partial charge in [0.05, 0.1) is 12.5 Å². The van der Waals surface area contributed by atoms with Crippen molar-refractivity contribution in [2.45, 2.75) is 26.7 Å². The zero-order valence-corrected chi connectivity index (χ0v) is 15.0. The summed E-state index contributed by atoms with van der Waals surface area (Å²) in [5, 5.41) is 5.78. The lowest BCUT2D eigenvalue weighted by Crippen LogP contribution is -2.49. The van der Waals surface area contributed by atoms with E-state index in [1.807, 2.05) is 30.3 Å². The summed E-state index contributed by atoms with van der Waals surface area (Å²) < 4.78 is 0. The molecule has 0 radical (unpaired) electrons. The highest BCUT2D eigenvalue weighted by molar-refractivity contribution is 5.81. The van der Waals surface area contributed by atoms with Gasteiger partial charge in [0.1, 0.15) is 0 Å². The minimum Gasteiger partial charge on any atom is -0.345 e. The second-order valence-electron chi connectivity index (χ2n) is 6.75. The van der Waals surface area contributed by atoms with Crippen LogP contribution in [0.25, 0.3) is 0 Å². The van der Waals surface area contributed by atoms with E-state index in [9.17, 15) is 9.59 Å². The van der Waals surface area contributed by atoms with Crippen LogP contribution in [0, 0.1) is 23.7 Å². The fraction of sp³-hybridized carbons (Fsp3) is 0.500. The minimum atomic E-state index is -0.155. The lowest BCUT2D eigenvalue weighted by atomic mass is 9.97. The van der Waals surface area contributed by atoms with Gasteiger partial charge in [0.25, 0.3) is 0 Å². The van der Waals surface area contributed by atoms with Crippen molar-refractivity contribution >= 4 is 11.9 Å². The molecule has 1 heterocycles. The number of rotatable bonds is 4. The van der Waals surface area contributed by atoms with Crippen molar-refractivity contribution in [2.75, 3.05) is 26.2 Å². The van der Waals surface area contributed by atoms with Gasteiger partial charge >= 0.3 is 6.03 Å². The molecule has 1 saturated heterocycles. The number of carbonyl (C=O) groups excluding carboxylic acids is 2. The summed E-state index contributed by atoms with van der Waals surface area (Å²) in [4.78, 5) is 26.2. The van der Waals surface area contributed by atoms with Gasteiger partial charge in [0.2, 0.25) is 5.91 Å². The number of urea groups is 1. The first-order valence-electron chi connectivity index (χ1n) is 8.90. The lowest BCUT2D eigenvalue weighted by molar-refractivity contribution is -0.126. The molecule has 2 N–H and O–H groups in total. The SMILES string of the molecule is CC(C)CNC(=O)N1CCCC(C(=O)NCC#Cc2ccccc2)C1. The summed E-state index contributed by atoms with van der Waals surface area (Å²) in [5.41, 5.74) is 0.933. The molecule has 0 aliphatic carbocycles. The van der Waals surface area contributed by atoms with E-state index in [2.05, 4.69) is 36.3 Å². The van der Waals surface area contributed by atoms with Gasteiger partial charge in [-0.25, -0.2) is 4.79 Å². The van der Waals surface area contributed by atoms with Gasteiger partial charge in [0, 0.05) is 25.2 Å². The van der Waals surface area contributed by atoms with Crippen LogP contribution in [-0.2, 0) is 4.79 Å². The molecule has 5 nitrogen and oxygen atoms in total. The van der Waals surface area contributed by atoms with Crippen molar-refractivity contribution in [1.29, 1.82) is 0 Å². The summed E-state index contributed by atoms with van der Waals surface area (Å²) in [6.07, 6.45) is 1.66. The molecule has 0 spiro atoms. The molecule has 0 saturated carbocycles. The first-order chi connectivity index (χ1) is 12.1. The van der Waals surface area contributed by atoms with E-state index < -0.39 is 0 Å². The van der Waals surface area contributed by atoms with E-state index in [-0.39, 0.29) is 17.9 Å². The molecule has 1 aromatic carbocycles. The third-order valence-electron chi connectivity index (χ3n) is 4.10. The van der Waals surface area contributed by atoms with Crippen molar-refractivity contribution in [3.63, 3.8) is 0 Å². The molecule has 1 fully saturated rings. The number of likely N-dealkylation sites (tertiary alicyclic amines) is 1. The average molecular weight is 341 g/mol. The number of benzene rings is 1. The zero-order chi connectivity index (χ0) is 18.1. The minimum absolute atomic E-state index is 0.0243. The predicted molar refractivity (Wildman–Crippen MR) is 98.9 cm³/mol. The van der Waals surface area contributed by atoms with E-state index in [0.717, 1.165) is 18.4 Å². The Morgan fingerprint density at radius 1 is 1.24 bits per heavy atom. The molecule has 1 aliphatic rings. The highest BCUT2D eigenvalue weighted by Crippen LogP contribution is 2.16. The monoisotopic (exact) mass is 341 g/mol. The molecule has 1 aromatic rings. The summed E-state index contributed by atoms with van der Waals surface area (Å²) in [7, 11) is 0. The third kappa shape index (κ3) is 6.50. The Hall–Kier alpha value is -2.48. The second kappa shape index (κ2) is 9.73. The molecular formula is C20H27N3O2. The van der Waals surface area contributed by atoms with Gasteiger partial charge in [0.15, 0.2) is 0 Å². The van der Waals surface area contributed by atoms with Crippen molar-refractivity contribution < 1.29 is 9.59 Å². The average Bonchev–Trinajstić information content (AvgIpc) is 2.64. The van der Waals surface area contributed by atoms with Crippen LogP contribution >= 0.6 is 0 Å². The highest BCUT2D eigenvalue weighted by Gasteiger charge is 2.28. The molecule has 25 heavy (non-hydrogen) atoms. The summed E-state index contributed by atoms with van der Waals surface area (Å²) >= 11 is 0. The Kier molecular flexibility index (Phi) is 7.34. The predicted octanol–water partition coefficient (Wildman–Crippen LogP) is 2.23. The van der Waals surface area contributed by atoms with E-state index in [4.69, 9.17) is 0 Å². The van der Waals surface area contributed by atoms with Crippen LogP contribution in [0.4, 0.5) is 4.79 Å². The number of carbonyl (C=O) groups is 2. The second-order valence-corrected chi connectivity index (χ2v) is 6.75. The van der Waals surface area contributed by atoms with Crippen LogP contribution < -0.4 is 10.6 Å². The Labute approximate surface area is 150 Å². The normalized spacial score (nSPS) is 16.8. The van der Waals surface area contributed by atoms with Crippen LogP contribution in [0.15, 0.2) is 30.3 Å². The van der Waals surface area contributed by atoms with Crippen LogP contribution in [0.1, 0.15) is 32.3 Å². The van der Waals surface area contributed by atoms with Crippen LogP contribution in [0.5, 0.6) is 0 Å². The molecule has 5 heteroatoms. The largest absolute Gasteiger partial charge is 0.345 e. The maximum Gasteiger partial charge on any atom is 0.317 e. The maximum atomic E-state index is 12.3.